The van der Waals surface area contributed by atoms with Crippen LogP contribution in [0.4, 0.5) is 5.69 Å². The topological polar surface area (TPSA) is 49.6 Å². The van der Waals surface area contributed by atoms with E-state index in [1.54, 1.807) is 6.20 Å². The highest BCUT2D eigenvalue weighted by molar-refractivity contribution is 5.81. The molecule has 29 heavy (non-hydrogen) atoms. The molecular formula is C23H30N6. The van der Waals surface area contributed by atoms with Gasteiger partial charge in [0, 0.05) is 25.5 Å². The second-order valence-electron chi connectivity index (χ2n) is 7.15. The Kier molecular flexibility index (Phi) is 7.00. The van der Waals surface area contributed by atoms with Gasteiger partial charge in [-0.25, -0.2) is 9.67 Å². The normalized spacial score (nSPS) is 15.3. The van der Waals surface area contributed by atoms with Gasteiger partial charge in [0.2, 0.25) is 0 Å². The molecule has 1 saturated heterocycles. The minimum atomic E-state index is 0.632. The predicted octanol–water partition coefficient (Wildman–Crippen LogP) is 4.63. The van der Waals surface area contributed by atoms with Crippen LogP contribution in [0.25, 0.3) is 5.70 Å². The molecule has 0 aromatic carbocycles. The highest BCUT2D eigenvalue weighted by atomic mass is 15.3. The molecule has 0 bridgehead atoms. The van der Waals surface area contributed by atoms with Crippen LogP contribution in [0.3, 0.4) is 0 Å². The zero-order valence-electron chi connectivity index (χ0n) is 17.6. The third-order valence-electron chi connectivity index (χ3n) is 5.07. The number of likely N-dealkylation sites (tertiary alicyclic amines) is 1. The van der Waals surface area contributed by atoms with E-state index in [1.165, 1.54) is 12.8 Å². The van der Waals surface area contributed by atoms with Crippen LogP contribution in [0.5, 0.6) is 0 Å². The number of aromatic nitrogens is 3. The lowest BCUT2D eigenvalue weighted by Gasteiger charge is -2.18. The smallest absolute Gasteiger partial charge is 0.101 e. The average Bonchev–Trinajstić information content (AvgIpc) is 3.40. The van der Waals surface area contributed by atoms with Crippen LogP contribution >= 0.6 is 0 Å². The van der Waals surface area contributed by atoms with Crippen molar-refractivity contribution in [1.29, 1.82) is 0 Å². The first-order valence-corrected chi connectivity index (χ1v) is 10.1. The number of pyridine rings is 1. The molecule has 6 nitrogen and oxygen atoms in total. The molecule has 1 fully saturated rings. The number of aliphatic imine (C=N–C) groups is 1. The quantitative estimate of drug-likeness (QED) is 0.393. The van der Waals surface area contributed by atoms with Crippen LogP contribution in [0, 0.1) is 6.92 Å². The number of amidine groups is 1. The van der Waals surface area contributed by atoms with E-state index < -0.39 is 0 Å². The summed E-state index contributed by atoms with van der Waals surface area (Å²) in [5, 5.41) is 4.82. The Morgan fingerprint density at radius 1 is 1.34 bits per heavy atom. The van der Waals surface area contributed by atoms with Gasteiger partial charge in [0.05, 0.1) is 36.0 Å². The van der Waals surface area contributed by atoms with Gasteiger partial charge in [-0.05, 0) is 63.6 Å². The summed E-state index contributed by atoms with van der Waals surface area (Å²) in [6.07, 6.45) is 15.9. The van der Waals surface area contributed by atoms with Crippen LogP contribution in [0.15, 0.2) is 66.8 Å². The standard InChI is InChI=1S/C23H30N6/c1-5-10-22(16-25-20(4)28-13-7-8-14-28)29-17-19(3)23(26-29)18-27(6-2)21-11-9-12-24-15-21/h5-6,9-12,15-17H,2,7-8,13-14,18H2,1,3-4H3/b10-5-,22-16+,25-20+. The maximum absolute atomic E-state index is 4.82. The fourth-order valence-corrected chi connectivity index (χ4v) is 3.36. The lowest BCUT2D eigenvalue weighted by Crippen LogP contribution is -2.24. The number of hydrogen-bond acceptors (Lipinski definition) is 4. The van der Waals surface area contributed by atoms with Gasteiger partial charge in [-0.1, -0.05) is 12.7 Å². The highest BCUT2D eigenvalue weighted by Gasteiger charge is 2.13. The molecule has 0 atom stereocenters. The van der Waals surface area contributed by atoms with Crippen molar-refractivity contribution in [2.75, 3.05) is 18.0 Å². The molecule has 1 aliphatic rings. The summed E-state index contributed by atoms with van der Waals surface area (Å²) < 4.78 is 1.90. The fraction of sp³-hybridized carbons (Fsp3) is 0.348. The summed E-state index contributed by atoms with van der Waals surface area (Å²) in [4.78, 5) is 13.3. The van der Waals surface area contributed by atoms with Gasteiger partial charge >= 0.3 is 0 Å². The maximum atomic E-state index is 4.82. The molecule has 0 amide bonds. The van der Waals surface area contributed by atoms with Gasteiger partial charge < -0.3 is 9.80 Å². The summed E-state index contributed by atoms with van der Waals surface area (Å²) in [6.45, 7) is 12.9. The third kappa shape index (κ3) is 5.22. The molecule has 0 saturated carbocycles. The largest absolute Gasteiger partial charge is 0.360 e. The number of anilines is 1. The molecule has 0 N–H and O–H groups in total. The number of aryl methyl sites for hydroxylation is 1. The van der Waals surface area contributed by atoms with Gasteiger partial charge in [0.25, 0.3) is 0 Å². The molecule has 0 spiro atoms. The van der Waals surface area contributed by atoms with Crippen molar-refractivity contribution in [3.63, 3.8) is 0 Å². The van der Waals surface area contributed by atoms with E-state index in [-0.39, 0.29) is 0 Å². The minimum absolute atomic E-state index is 0.632. The molecule has 2 aromatic rings. The molecule has 0 aliphatic carbocycles. The molecule has 3 rings (SSSR count). The Balaban J connectivity index is 1.83. The van der Waals surface area contributed by atoms with E-state index in [0.717, 1.165) is 41.6 Å². The van der Waals surface area contributed by atoms with Crippen LogP contribution < -0.4 is 4.90 Å². The van der Waals surface area contributed by atoms with Crippen molar-refractivity contribution in [2.45, 2.75) is 40.2 Å². The lowest BCUT2D eigenvalue weighted by atomic mass is 10.2. The van der Waals surface area contributed by atoms with E-state index in [9.17, 15) is 0 Å². The summed E-state index contributed by atoms with van der Waals surface area (Å²) in [5.74, 6) is 1.06. The van der Waals surface area contributed by atoms with Gasteiger partial charge in [0.1, 0.15) is 5.84 Å². The highest BCUT2D eigenvalue weighted by Crippen LogP contribution is 2.19. The van der Waals surface area contributed by atoms with E-state index in [4.69, 9.17) is 10.1 Å². The summed E-state index contributed by atoms with van der Waals surface area (Å²) in [7, 11) is 0. The van der Waals surface area contributed by atoms with Crippen LogP contribution in [0.2, 0.25) is 0 Å². The Hall–Kier alpha value is -3.15. The summed E-state index contributed by atoms with van der Waals surface area (Å²) in [6, 6.07) is 3.94. The fourth-order valence-electron chi connectivity index (χ4n) is 3.36. The number of hydrogen-bond donors (Lipinski definition) is 0. The molecule has 0 radical (unpaired) electrons. The number of allylic oxidation sites excluding steroid dienone is 3. The van der Waals surface area contributed by atoms with Gasteiger partial charge in [0.15, 0.2) is 0 Å². The predicted molar refractivity (Wildman–Crippen MR) is 121 cm³/mol. The monoisotopic (exact) mass is 390 g/mol. The van der Waals surface area contributed by atoms with Gasteiger partial charge in [-0.2, -0.15) is 5.10 Å². The molecule has 2 aromatic heterocycles. The van der Waals surface area contributed by atoms with E-state index in [2.05, 4.69) is 30.3 Å². The van der Waals surface area contributed by atoms with E-state index in [0.29, 0.717) is 6.54 Å². The van der Waals surface area contributed by atoms with Crippen molar-refractivity contribution in [3.8, 4) is 0 Å². The first-order chi connectivity index (χ1) is 14.1. The molecular weight excluding hydrogens is 360 g/mol. The third-order valence-corrected chi connectivity index (χ3v) is 5.07. The van der Waals surface area contributed by atoms with Gasteiger partial charge in [-0.3, -0.25) is 4.98 Å². The number of rotatable bonds is 7. The zero-order chi connectivity index (χ0) is 20.6. The first kappa shape index (κ1) is 20.6. The van der Waals surface area contributed by atoms with Crippen molar-refractivity contribution >= 4 is 17.2 Å². The van der Waals surface area contributed by atoms with Crippen molar-refractivity contribution in [3.05, 3.63) is 73.1 Å². The van der Waals surface area contributed by atoms with Crippen molar-refractivity contribution < 1.29 is 0 Å². The second kappa shape index (κ2) is 9.87. The Labute approximate surface area is 173 Å². The maximum Gasteiger partial charge on any atom is 0.101 e. The van der Waals surface area contributed by atoms with Crippen molar-refractivity contribution in [2.24, 2.45) is 4.99 Å². The summed E-state index contributed by atoms with van der Waals surface area (Å²) in [5.41, 5.74) is 4.04. The molecule has 6 heteroatoms. The molecule has 0 unspecified atom stereocenters. The Bertz CT molecular complexity index is 901. The first-order valence-electron chi connectivity index (χ1n) is 10.1. The van der Waals surface area contributed by atoms with Crippen molar-refractivity contribution in [1.82, 2.24) is 19.7 Å². The van der Waals surface area contributed by atoms with Gasteiger partial charge in [-0.15, -0.1) is 0 Å². The second-order valence-corrected chi connectivity index (χ2v) is 7.15. The number of nitrogens with zero attached hydrogens (tertiary/aromatic N) is 6. The van der Waals surface area contributed by atoms with Crippen LogP contribution in [-0.2, 0) is 6.54 Å². The Morgan fingerprint density at radius 3 is 2.79 bits per heavy atom. The molecule has 152 valence electrons. The molecule has 1 aliphatic heterocycles. The Morgan fingerprint density at radius 2 is 2.14 bits per heavy atom. The average molecular weight is 391 g/mol. The van der Waals surface area contributed by atoms with E-state index >= 15 is 0 Å². The zero-order valence-corrected chi connectivity index (χ0v) is 17.6. The minimum Gasteiger partial charge on any atom is -0.360 e. The summed E-state index contributed by atoms with van der Waals surface area (Å²) >= 11 is 0. The van der Waals surface area contributed by atoms with Crippen LogP contribution in [-0.4, -0.2) is 38.6 Å². The lowest BCUT2D eigenvalue weighted by molar-refractivity contribution is 0.516. The molecule has 3 heterocycles. The van der Waals surface area contributed by atoms with E-state index in [1.807, 2.05) is 65.6 Å². The van der Waals surface area contributed by atoms with Crippen LogP contribution in [0.1, 0.15) is 37.9 Å². The SMILES string of the molecule is C=CN(Cc1nn(C(/C=C\C)=C/N=C(\C)N2CCCC2)cc1C)c1cccnc1.